The fourth-order valence-corrected chi connectivity index (χ4v) is 5.43. The van der Waals surface area contributed by atoms with Crippen LogP contribution in [0.4, 0.5) is 4.39 Å². The third-order valence-corrected chi connectivity index (χ3v) is 7.47. The summed E-state index contributed by atoms with van der Waals surface area (Å²) in [5, 5.41) is 3.01. The van der Waals surface area contributed by atoms with Gasteiger partial charge in [-0.05, 0) is 67.7 Å². The van der Waals surface area contributed by atoms with Gasteiger partial charge in [-0.3, -0.25) is 14.4 Å². The smallest absolute Gasteiger partial charge is 0.287 e. The van der Waals surface area contributed by atoms with E-state index in [4.69, 9.17) is 4.42 Å². The Hall–Kier alpha value is -3.74. The van der Waals surface area contributed by atoms with Crippen LogP contribution in [0, 0.1) is 5.82 Å². The van der Waals surface area contributed by atoms with Crippen molar-refractivity contribution in [3.63, 3.8) is 0 Å². The van der Waals surface area contributed by atoms with Gasteiger partial charge in [0.05, 0.1) is 5.39 Å². The van der Waals surface area contributed by atoms with E-state index in [0.717, 1.165) is 57.2 Å². The second-order valence-corrected chi connectivity index (χ2v) is 9.93. The zero-order valence-corrected chi connectivity index (χ0v) is 20.8. The van der Waals surface area contributed by atoms with Crippen molar-refractivity contribution in [1.82, 2.24) is 10.2 Å². The zero-order chi connectivity index (χ0) is 25.8. The molecule has 1 aliphatic carbocycles. The largest absolute Gasteiger partial charge is 0.451 e. The molecule has 7 heteroatoms. The van der Waals surface area contributed by atoms with E-state index < -0.39 is 11.7 Å². The summed E-state index contributed by atoms with van der Waals surface area (Å²) in [6, 6.07) is 13.3. The third kappa shape index (κ3) is 5.82. The van der Waals surface area contributed by atoms with Crippen LogP contribution < -0.4 is 10.7 Å². The standard InChI is InChI=1S/C30H31FN2O4/c31-23-12-13-25-26(34)18-28(37-27(25)17-23)30(36)32-15-14-20-8-10-21(11-9-20)24-6-2-1-5-22(24)19-33-16-4-3-7-29(33)35/h1-2,5-6,12-14,17-18,21H,3-4,7-11,15-16,19H2,(H,32,36). The van der Waals surface area contributed by atoms with E-state index in [9.17, 15) is 18.8 Å². The van der Waals surface area contributed by atoms with Crippen molar-refractivity contribution < 1.29 is 18.4 Å². The van der Waals surface area contributed by atoms with Gasteiger partial charge in [-0.25, -0.2) is 4.39 Å². The van der Waals surface area contributed by atoms with Crippen LogP contribution >= 0.6 is 0 Å². The van der Waals surface area contributed by atoms with Crippen molar-refractivity contribution >= 4 is 22.8 Å². The van der Waals surface area contributed by atoms with Gasteiger partial charge in [0.1, 0.15) is 11.4 Å². The van der Waals surface area contributed by atoms with Gasteiger partial charge >= 0.3 is 0 Å². The lowest BCUT2D eigenvalue weighted by atomic mass is 9.79. The van der Waals surface area contributed by atoms with Crippen LogP contribution in [0.2, 0.25) is 0 Å². The maximum atomic E-state index is 13.5. The zero-order valence-electron chi connectivity index (χ0n) is 20.8. The van der Waals surface area contributed by atoms with E-state index in [1.54, 1.807) is 0 Å². The highest BCUT2D eigenvalue weighted by Gasteiger charge is 2.23. The third-order valence-electron chi connectivity index (χ3n) is 7.47. The van der Waals surface area contributed by atoms with E-state index in [1.165, 1.54) is 28.8 Å². The molecule has 0 bridgehead atoms. The topological polar surface area (TPSA) is 79.6 Å². The first-order valence-electron chi connectivity index (χ1n) is 13.0. The highest BCUT2D eigenvalue weighted by atomic mass is 19.1. The number of nitrogens with one attached hydrogen (secondary N) is 1. The number of likely N-dealkylation sites (tertiary alicyclic amines) is 1. The van der Waals surface area contributed by atoms with Crippen LogP contribution in [0.5, 0.6) is 0 Å². The lowest BCUT2D eigenvalue weighted by Gasteiger charge is -2.30. The fourth-order valence-electron chi connectivity index (χ4n) is 5.43. The molecule has 37 heavy (non-hydrogen) atoms. The molecule has 1 N–H and O–H groups in total. The lowest BCUT2D eigenvalue weighted by Crippen LogP contribution is -2.35. The molecule has 0 radical (unpaired) electrons. The second-order valence-electron chi connectivity index (χ2n) is 9.93. The number of hydrogen-bond donors (Lipinski definition) is 1. The molecule has 2 aromatic carbocycles. The Kier molecular flexibility index (Phi) is 7.49. The summed E-state index contributed by atoms with van der Waals surface area (Å²) >= 11 is 0. The van der Waals surface area contributed by atoms with Crippen LogP contribution in [0.25, 0.3) is 11.0 Å². The highest BCUT2D eigenvalue weighted by molar-refractivity contribution is 5.93. The predicted molar refractivity (Wildman–Crippen MR) is 140 cm³/mol. The summed E-state index contributed by atoms with van der Waals surface area (Å²) in [5.74, 6) is -0.456. The summed E-state index contributed by atoms with van der Waals surface area (Å²) < 4.78 is 19.0. The minimum absolute atomic E-state index is 0.0549. The summed E-state index contributed by atoms with van der Waals surface area (Å²) in [6.45, 7) is 1.87. The molecule has 0 atom stereocenters. The predicted octanol–water partition coefficient (Wildman–Crippen LogP) is 5.46. The molecule has 6 nitrogen and oxygen atoms in total. The molecule has 5 rings (SSSR count). The fraction of sp³-hybridized carbons (Fsp3) is 0.367. The number of hydrogen-bond acceptors (Lipinski definition) is 4. The quantitative estimate of drug-likeness (QED) is 0.454. The van der Waals surface area contributed by atoms with Gasteiger partial charge in [-0.15, -0.1) is 0 Å². The van der Waals surface area contributed by atoms with Crippen LogP contribution in [0.1, 0.15) is 72.5 Å². The number of carbonyl (C=O) groups is 2. The SMILES string of the molecule is O=C(NCC=C1CCC(c2ccccc2CN2CCCCC2=O)CC1)c1cc(=O)c2ccc(F)cc2o1. The molecule has 1 saturated heterocycles. The number of allylic oxidation sites excluding steroid dienone is 1. The van der Waals surface area contributed by atoms with Crippen LogP contribution in [0.15, 0.2) is 69.4 Å². The number of halogens is 1. The molecule has 1 aromatic heterocycles. The average Bonchev–Trinajstić information content (AvgIpc) is 2.90. The van der Waals surface area contributed by atoms with E-state index in [2.05, 4.69) is 29.6 Å². The van der Waals surface area contributed by atoms with Gasteiger partial charge in [0.2, 0.25) is 5.91 Å². The number of benzene rings is 2. The van der Waals surface area contributed by atoms with E-state index in [0.29, 0.717) is 25.4 Å². The lowest BCUT2D eigenvalue weighted by molar-refractivity contribution is -0.133. The Morgan fingerprint density at radius 2 is 1.86 bits per heavy atom. The Balaban J connectivity index is 1.17. The maximum absolute atomic E-state index is 13.5. The summed E-state index contributed by atoms with van der Waals surface area (Å²) in [7, 11) is 0. The van der Waals surface area contributed by atoms with E-state index in [-0.39, 0.29) is 28.1 Å². The molecule has 1 aliphatic heterocycles. The van der Waals surface area contributed by atoms with Crippen LogP contribution in [0.3, 0.4) is 0 Å². The Morgan fingerprint density at radius 3 is 2.68 bits per heavy atom. The Labute approximate surface area is 215 Å². The van der Waals surface area contributed by atoms with Crippen molar-refractivity contribution in [2.75, 3.05) is 13.1 Å². The summed E-state index contributed by atoms with van der Waals surface area (Å²) in [5.41, 5.74) is 3.56. The number of rotatable bonds is 6. The van der Waals surface area contributed by atoms with Gasteiger partial charge < -0.3 is 14.6 Å². The van der Waals surface area contributed by atoms with Crippen molar-refractivity contribution in [2.45, 2.75) is 57.4 Å². The molecule has 2 amide bonds. The van der Waals surface area contributed by atoms with Crippen molar-refractivity contribution in [3.8, 4) is 0 Å². The van der Waals surface area contributed by atoms with Crippen molar-refractivity contribution in [3.05, 3.63) is 93.1 Å². The number of fused-ring (bicyclic) bond motifs is 1. The van der Waals surface area contributed by atoms with Gasteiger partial charge in [-0.1, -0.05) is 35.9 Å². The average molecular weight is 503 g/mol. The second kappa shape index (κ2) is 11.1. The first kappa shape index (κ1) is 24.9. The van der Waals surface area contributed by atoms with Crippen LogP contribution in [-0.4, -0.2) is 29.8 Å². The molecular formula is C30H31FN2O4. The van der Waals surface area contributed by atoms with Crippen molar-refractivity contribution in [2.24, 2.45) is 0 Å². The van der Waals surface area contributed by atoms with E-state index >= 15 is 0 Å². The molecule has 1 saturated carbocycles. The van der Waals surface area contributed by atoms with Crippen LogP contribution in [-0.2, 0) is 11.3 Å². The maximum Gasteiger partial charge on any atom is 0.287 e. The number of carbonyl (C=O) groups excluding carboxylic acids is 2. The molecule has 2 heterocycles. The van der Waals surface area contributed by atoms with Gasteiger partial charge in [-0.2, -0.15) is 0 Å². The van der Waals surface area contributed by atoms with Gasteiger partial charge in [0.25, 0.3) is 5.91 Å². The van der Waals surface area contributed by atoms with Crippen molar-refractivity contribution in [1.29, 1.82) is 0 Å². The molecule has 0 unspecified atom stereocenters. The first-order chi connectivity index (χ1) is 18.0. The molecule has 3 aromatic rings. The molecular weight excluding hydrogens is 471 g/mol. The molecule has 192 valence electrons. The minimum atomic E-state index is -0.531. The number of piperidine rings is 1. The number of nitrogens with zero attached hydrogens (tertiary/aromatic N) is 1. The molecule has 2 fully saturated rings. The normalized spacial score (nSPS) is 18.2. The monoisotopic (exact) mass is 502 g/mol. The first-order valence-corrected chi connectivity index (χ1v) is 13.0. The van der Waals surface area contributed by atoms with Gasteiger partial charge in [0.15, 0.2) is 11.2 Å². The summed E-state index contributed by atoms with van der Waals surface area (Å²) in [6.07, 6.45) is 8.70. The number of amides is 2. The van der Waals surface area contributed by atoms with E-state index in [1.807, 2.05) is 11.0 Å². The minimum Gasteiger partial charge on any atom is -0.451 e. The highest BCUT2D eigenvalue weighted by Crippen LogP contribution is 2.37. The Morgan fingerprint density at radius 1 is 1.05 bits per heavy atom. The summed E-state index contributed by atoms with van der Waals surface area (Å²) in [4.78, 5) is 39.1. The van der Waals surface area contributed by atoms with Gasteiger partial charge in [0, 0.05) is 38.2 Å². The molecule has 2 aliphatic rings. The molecule has 0 spiro atoms. The Bertz CT molecular complexity index is 1400.